The minimum absolute atomic E-state index is 0.116. The third-order valence-electron chi connectivity index (χ3n) is 2.68. The lowest BCUT2D eigenvalue weighted by Crippen LogP contribution is -1.83. The third-order valence-corrected chi connectivity index (χ3v) is 3.54. The number of halogens is 1. The van der Waals surface area contributed by atoms with E-state index in [0.717, 1.165) is 4.88 Å². The second-order valence-electron chi connectivity index (χ2n) is 4.13. The van der Waals surface area contributed by atoms with Crippen molar-refractivity contribution in [1.29, 1.82) is 5.26 Å². The van der Waals surface area contributed by atoms with Crippen molar-refractivity contribution in [1.82, 2.24) is 10.1 Å². The van der Waals surface area contributed by atoms with E-state index >= 15 is 0 Å². The van der Waals surface area contributed by atoms with Crippen LogP contribution in [0.1, 0.15) is 11.5 Å². The molecule has 0 unspecified atom stereocenters. The van der Waals surface area contributed by atoms with Gasteiger partial charge in [0.05, 0.1) is 4.88 Å². The normalized spacial score (nSPS) is 11.3. The number of nitrogens with zero attached hydrogens (tertiary/aromatic N) is 3. The van der Waals surface area contributed by atoms with Gasteiger partial charge in [0.1, 0.15) is 17.5 Å². The van der Waals surface area contributed by atoms with Crippen molar-refractivity contribution in [2.45, 2.75) is 0 Å². The van der Waals surface area contributed by atoms with E-state index in [1.807, 2.05) is 23.6 Å². The summed E-state index contributed by atoms with van der Waals surface area (Å²) in [5, 5.41) is 15.0. The van der Waals surface area contributed by atoms with E-state index in [1.165, 1.54) is 29.5 Å². The van der Waals surface area contributed by atoms with E-state index in [4.69, 9.17) is 4.52 Å². The van der Waals surface area contributed by atoms with Crippen LogP contribution in [0.3, 0.4) is 0 Å². The Hall–Kier alpha value is -2.78. The Morgan fingerprint density at radius 3 is 2.95 bits per heavy atom. The molecule has 21 heavy (non-hydrogen) atoms. The van der Waals surface area contributed by atoms with Gasteiger partial charge in [-0.3, -0.25) is 0 Å². The molecule has 0 bridgehead atoms. The van der Waals surface area contributed by atoms with Crippen molar-refractivity contribution in [2.24, 2.45) is 0 Å². The minimum Gasteiger partial charge on any atom is -0.333 e. The maximum atomic E-state index is 13.2. The highest BCUT2D eigenvalue weighted by atomic mass is 32.1. The van der Waals surface area contributed by atoms with Crippen LogP contribution in [0.2, 0.25) is 0 Å². The molecule has 0 atom stereocenters. The smallest absolute Gasteiger partial charge is 0.268 e. The molecule has 0 aliphatic rings. The molecule has 3 aromatic rings. The van der Waals surface area contributed by atoms with Gasteiger partial charge in [0.2, 0.25) is 5.82 Å². The van der Waals surface area contributed by atoms with Gasteiger partial charge in [0.15, 0.2) is 0 Å². The highest BCUT2D eigenvalue weighted by Crippen LogP contribution is 2.24. The summed E-state index contributed by atoms with van der Waals surface area (Å²) in [5.74, 6) is 0.177. The Balaban J connectivity index is 1.96. The molecule has 0 fully saturated rings. The number of aromatic nitrogens is 2. The van der Waals surface area contributed by atoms with E-state index in [0.29, 0.717) is 11.4 Å². The first-order valence-electron chi connectivity index (χ1n) is 6.01. The quantitative estimate of drug-likeness (QED) is 0.685. The zero-order valence-corrected chi connectivity index (χ0v) is 11.5. The number of thiophene rings is 1. The molecule has 0 amide bonds. The van der Waals surface area contributed by atoms with Crippen LogP contribution in [0.15, 0.2) is 46.3 Å². The van der Waals surface area contributed by atoms with Crippen LogP contribution in [0.4, 0.5) is 4.39 Å². The van der Waals surface area contributed by atoms with E-state index in [-0.39, 0.29) is 17.3 Å². The van der Waals surface area contributed by atoms with Crippen LogP contribution in [0, 0.1) is 17.1 Å². The molecular formula is C15H8FN3OS. The van der Waals surface area contributed by atoms with Gasteiger partial charge in [-0.05, 0) is 35.2 Å². The average molecular weight is 297 g/mol. The number of nitriles is 1. The standard InChI is InChI=1S/C15H8FN3OS/c16-12-4-1-3-10(8-12)7-11(9-17)15-18-14(19-20-15)13-5-2-6-21-13/h1-8H/b11-7+. The lowest BCUT2D eigenvalue weighted by atomic mass is 10.1. The molecule has 0 spiro atoms. The van der Waals surface area contributed by atoms with Gasteiger partial charge < -0.3 is 4.52 Å². The molecule has 0 saturated heterocycles. The fraction of sp³-hybridized carbons (Fsp3) is 0. The zero-order chi connectivity index (χ0) is 14.7. The van der Waals surface area contributed by atoms with Gasteiger partial charge in [0.25, 0.3) is 5.89 Å². The molecule has 4 nitrogen and oxygen atoms in total. The molecule has 0 N–H and O–H groups in total. The fourth-order valence-corrected chi connectivity index (χ4v) is 2.39. The third kappa shape index (κ3) is 2.88. The van der Waals surface area contributed by atoms with E-state index in [1.54, 1.807) is 12.1 Å². The number of allylic oxidation sites excluding steroid dienone is 1. The van der Waals surface area contributed by atoms with Crippen LogP contribution in [-0.2, 0) is 0 Å². The molecule has 0 aliphatic heterocycles. The summed E-state index contributed by atoms with van der Waals surface area (Å²) in [4.78, 5) is 5.05. The minimum atomic E-state index is -0.370. The molecule has 0 aliphatic carbocycles. The highest BCUT2D eigenvalue weighted by Gasteiger charge is 2.13. The molecule has 0 saturated carbocycles. The summed E-state index contributed by atoms with van der Waals surface area (Å²) in [5.41, 5.74) is 0.748. The number of hydrogen-bond donors (Lipinski definition) is 0. The van der Waals surface area contributed by atoms with Gasteiger partial charge in [-0.2, -0.15) is 10.2 Å². The molecule has 2 aromatic heterocycles. The molecule has 6 heteroatoms. The topological polar surface area (TPSA) is 62.7 Å². The van der Waals surface area contributed by atoms with Crippen LogP contribution in [0.5, 0.6) is 0 Å². The summed E-state index contributed by atoms with van der Waals surface area (Å²) in [6.07, 6.45) is 1.51. The van der Waals surface area contributed by atoms with Crippen LogP contribution < -0.4 is 0 Å². The van der Waals surface area contributed by atoms with Gasteiger partial charge >= 0.3 is 0 Å². The van der Waals surface area contributed by atoms with Crippen molar-refractivity contribution in [3.05, 3.63) is 59.0 Å². The largest absolute Gasteiger partial charge is 0.333 e. The van der Waals surface area contributed by atoms with Crippen LogP contribution >= 0.6 is 11.3 Å². The van der Waals surface area contributed by atoms with Crippen molar-refractivity contribution in [3.8, 4) is 16.8 Å². The molecular weight excluding hydrogens is 289 g/mol. The van der Waals surface area contributed by atoms with Crippen LogP contribution in [0.25, 0.3) is 22.4 Å². The van der Waals surface area contributed by atoms with Gasteiger partial charge in [-0.25, -0.2) is 4.39 Å². The van der Waals surface area contributed by atoms with Crippen molar-refractivity contribution < 1.29 is 8.91 Å². The van der Waals surface area contributed by atoms with Crippen molar-refractivity contribution in [2.75, 3.05) is 0 Å². The first kappa shape index (κ1) is 13.2. The Morgan fingerprint density at radius 1 is 1.33 bits per heavy atom. The number of hydrogen-bond acceptors (Lipinski definition) is 5. The molecule has 102 valence electrons. The SMILES string of the molecule is N#C/C(=C\c1cccc(F)c1)c1nc(-c2cccs2)no1. The fourth-order valence-electron chi connectivity index (χ4n) is 1.74. The molecule has 3 rings (SSSR count). The second-order valence-corrected chi connectivity index (χ2v) is 5.07. The predicted octanol–water partition coefficient (Wildman–Crippen LogP) is 4.00. The Morgan fingerprint density at radius 2 is 2.24 bits per heavy atom. The maximum Gasteiger partial charge on any atom is 0.268 e. The number of benzene rings is 1. The second kappa shape index (κ2) is 5.69. The lowest BCUT2D eigenvalue weighted by Gasteiger charge is -1.94. The molecule has 1 aromatic carbocycles. The Labute approximate surface area is 123 Å². The first-order valence-corrected chi connectivity index (χ1v) is 6.89. The summed E-state index contributed by atoms with van der Waals surface area (Å²) in [6, 6.07) is 11.7. The van der Waals surface area contributed by atoms with E-state index in [9.17, 15) is 9.65 Å². The van der Waals surface area contributed by atoms with Gasteiger partial charge in [-0.15, -0.1) is 11.3 Å². The maximum absolute atomic E-state index is 13.2. The summed E-state index contributed by atoms with van der Waals surface area (Å²) < 4.78 is 18.3. The van der Waals surface area contributed by atoms with Gasteiger partial charge in [-0.1, -0.05) is 23.4 Å². The predicted molar refractivity (Wildman–Crippen MR) is 77.5 cm³/mol. The monoisotopic (exact) mass is 297 g/mol. The van der Waals surface area contributed by atoms with Crippen molar-refractivity contribution in [3.63, 3.8) is 0 Å². The first-order chi connectivity index (χ1) is 10.3. The van der Waals surface area contributed by atoms with Gasteiger partial charge in [0, 0.05) is 0 Å². The summed E-state index contributed by atoms with van der Waals surface area (Å²) in [6.45, 7) is 0. The molecule has 2 heterocycles. The highest BCUT2D eigenvalue weighted by molar-refractivity contribution is 7.13. The van der Waals surface area contributed by atoms with E-state index in [2.05, 4.69) is 10.1 Å². The number of rotatable bonds is 3. The zero-order valence-electron chi connectivity index (χ0n) is 10.7. The lowest BCUT2D eigenvalue weighted by molar-refractivity contribution is 0.409. The van der Waals surface area contributed by atoms with E-state index < -0.39 is 0 Å². The Kier molecular flexibility index (Phi) is 3.58. The summed E-state index contributed by atoms with van der Waals surface area (Å²) in [7, 11) is 0. The Bertz CT molecular complexity index is 831. The van der Waals surface area contributed by atoms with Crippen LogP contribution in [-0.4, -0.2) is 10.1 Å². The molecule has 0 radical (unpaired) electrons. The summed E-state index contributed by atoms with van der Waals surface area (Å²) >= 11 is 1.48. The average Bonchev–Trinajstić information content (AvgIpc) is 3.15. The van der Waals surface area contributed by atoms with Crippen molar-refractivity contribution >= 4 is 23.0 Å².